The number of rotatable bonds is 5. The van der Waals surface area contributed by atoms with E-state index in [0.29, 0.717) is 6.61 Å². The van der Waals surface area contributed by atoms with E-state index in [9.17, 15) is 0 Å². The number of hydrogen-bond donors (Lipinski definition) is 1. The molecule has 4 heteroatoms. The lowest BCUT2D eigenvalue weighted by atomic mass is 10.2. The van der Waals surface area contributed by atoms with E-state index < -0.39 is 6.10 Å². The second kappa shape index (κ2) is 6.40. The van der Waals surface area contributed by atoms with Gasteiger partial charge in [-0.05, 0) is 11.6 Å². The lowest BCUT2D eigenvalue weighted by molar-refractivity contribution is 0.0390. The molecule has 1 N–H and O–H groups in total. The summed E-state index contributed by atoms with van der Waals surface area (Å²) >= 11 is 8.84. The summed E-state index contributed by atoms with van der Waals surface area (Å²) in [6, 6.07) is 7.82. The summed E-state index contributed by atoms with van der Waals surface area (Å²) in [4.78, 5) is 0. The predicted octanol–water partition coefficient (Wildman–Crippen LogP) is 2.57. The van der Waals surface area contributed by atoms with Gasteiger partial charge in [0.15, 0.2) is 0 Å². The molecule has 0 aliphatic heterocycles. The Morgan fingerprint density at radius 1 is 1.43 bits per heavy atom. The van der Waals surface area contributed by atoms with Gasteiger partial charge in [0.25, 0.3) is 0 Å². The minimum Gasteiger partial charge on any atom is -0.389 e. The van der Waals surface area contributed by atoms with Gasteiger partial charge in [0.1, 0.15) is 0 Å². The Balaban J connectivity index is 2.35. The lowest BCUT2D eigenvalue weighted by Crippen LogP contribution is -2.16. The van der Waals surface area contributed by atoms with E-state index in [2.05, 4.69) is 15.9 Å². The molecule has 1 rings (SSSR count). The van der Waals surface area contributed by atoms with Crippen molar-refractivity contribution in [2.75, 3.05) is 12.5 Å². The zero-order chi connectivity index (χ0) is 10.4. The van der Waals surface area contributed by atoms with Crippen molar-refractivity contribution in [3.8, 4) is 0 Å². The van der Waals surface area contributed by atoms with Gasteiger partial charge in [-0.3, -0.25) is 0 Å². The maximum atomic E-state index is 9.14. The molecule has 78 valence electrons. The van der Waals surface area contributed by atoms with E-state index in [-0.39, 0.29) is 12.5 Å². The second-order valence-corrected chi connectivity index (χ2v) is 4.08. The molecular weight excluding hydrogens is 267 g/mol. The third-order valence-corrected chi connectivity index (χ3v) is 2.83. The van der Waals surface area contributed by atoms with Gasteiger partial charge in [0.2, 0.25) is 0 Å². The monoisotopic (exact) mass is 278 g/mol. The molecule has 1 unspecified atom stereocenters. The van der Waals surface area contributed by atoms with E-state index in [1.165, 1.54) is 0 Å². The highest BCUT2D eigenvalue weighted by atomic mass is 79.9. The zero-order valence-corrected chi connectivity index (χ0v) is 9.96. The molecule has 1 atom stereocenters. The van der Waals surface area contributed by atoms with Crippen LogP contribution in [0.3, 0.4) is 0 Å². The van der Waals surface area contributed by atoms with Crippen LogP contribution in [0.5, 0.6) is 0 Å². The molecule has 1 aromatic rings. The van der Waals surface area contributed by atoms with Crippen LogP contribution in [0, 0.1) is 0 Å². The van der Waals surface area contributed by atoms with Gasteiger partial charge in [0, 0.05) is 4.47 Å². The summed E-state index contributed by atoms with van der Waals surface area (Å²) in [6.45, 7) is 0.750. The fourth-order valence-electron chi connectivity index (χ4n) is 0.965. The summed E-state index contributed by atoms with van der Waals surface area (Å²) in [6.07, 6.45) is -0.584. The molecule has 0 saturated heterocycles. The van der Waals surface area contributed by atoms with Crippen LogP contribution in [-0.4, -0.2) is 23.7 Å². The number of alkyl halides is 1. The molecule has 0 heterocycles. The predicted molar refractivity (Wildman–Crippen MR) is 60.5 cm³/mol. The summed E-state index contributed by atoms with van der Waals surface area (Å²) in [5.74, 6) is 0.204. The molecule has 1 aromatic carbocycles. The van der Waals surface area contributed by atoms with Crippen LogP contribution < -0.4 is 0 Å². The van der Waals surface area contributed by atoms with Crippen LogP contribution in [0.4, 0.5) is 0 Å². The van der Waals surface area contributed by atoms with Crippen molar-refractivity contribution in [1.82, 2.24) is 0 Å². The number of aliphatic hydroxyl groups is 1. The van der Waals surface area contributed by atoms with E-state index >= 15 is 0 Å². The van der Waals surface area contributed by atoms with Gasteiger partial charge >= 0.3 is 0 Å². The van der Waals surface area contributed by atoms with Crippen molar-refractivity contribution in [1.29, 1.82) is 0 Å². The van der Waals surface area contributed by atoms with Crippen molar-refractivity contribution in [2.24, 2.45) is 0 Å². The topological polar surface area (TPSA) is 29.5 Å². The average molecular weight is 280 g/mol. The van der Waals surface area contributed by atoms with Crippen molar-refractivity contribution in [3.05, 3.63) is 34.3 Å². The second-order valence-electron chi connectivity index (χ2n) is 2.91. The average Bonchev–Trinajstić information content (AvgIpc) is 2.20. The molecule has 0 aliphatic carbocycles. The highest BCUT2D eigenvalue weighted by Gasteiger charge is 2.03. The maximum Gasteiger partial charge on any atom is 0.0908 e. The minimum absolute atomic E-state index is 0.204. The minimum atomic E-state index is -0.584. The highest BCUT2D eigenvalue weighted by Crippen LogP contribution is 2.16. The molecule has 0 aromatic heterocycles. The first-order valence-corrected chi connectivity index (χ1v) is 5.62. The first-order valence-electron chi connectivity index (χ1n) is 4.29. The first kappa shape index (κ1) is 12.0. The third-order valence-electron chi connectivity index (χ3n) is 1.70. The van der Waals surface area contributed by atoms with Gasteiger partial charge in [-0.2, -0.15) is 0 Å². The number of aliphatic hydroxyl groups excluding tert-OH is 1. The van der Waals surface area contributed by atoms with E-state index in [1.54, 1.807) is 0 Å². The third kappa shape index (κ3) is 3.96. The Kier molecular flexibility index (Phi) is 5.48. The van der Waals surface area contributed by atoms with Crippen LogP contribution >= 0.6 is 27.5 Å². The lowest BCUT2D eigenvalue weighted by Gasteiger charge is -2.08. The van der Waals surface area contributed by atoms with Crippen LogP contribution in [0.2, 0.25) is 0 Å². The molecule has 0 bridgehead atoms. The van der Waals surface area contributed by atoms with Crippen molar-refractivity contribution in [2.45, 2.75) is 12.7 Å². The smallest absolute Gasteiger partial charge is 0.0908 e. The standard InChI is InChI=1S/C10H12BrClO2/c11-10-4-2-1-3-8(10)6-14-7-9(13)5-12/h1-4,9,13H,5-7H2. The Bertz CT molecular complexity index is 281. The zero-order valence-electron chi connectivity index (χ0n) is 7.62. The van der Waals surface area contributed by atoms with Gasteiger partial charge in [-0.25, -0.2) is 0 Å². The quantitative estimate of drug-likeness (QED) is 0.840. The Morgan fingerprint density at radius 3 is 2.79 bits per heavy atom. The number of benzene rings is 1. The fraction of sp³-hybridized carbons (Fsp3) is 0.400. The molecule has 0 amide bonds. The highest BCUT2D eigenvalue weighted by molar-refractivity contribution is 9.10. The van der Waals surface area contributed by atoms with Crippen molar-refractivity contribution < 1.29 is 9.84 Å². The molecule has 0 spiro atoms. The largest absolute Gasteiger partial charge is 0.389 e. The van der Waals surface area contributed by atoms with E-state index in [0.717, 1.165) is 10.0 Å². The van der Waals surface area contributed by atoms with Crippen LogP contribution in [0.25, 0.3) is 0 Å². The Hall–Kier alpha value is -0.0900. The first-order chi connectivity index (χ1) is 6.74. The normalized spacial score (nSPS) is 12.8. The summed E-state index contributed by atoms with van der Waals surface area (Å²) in [5.41, 5.74) is 1.06. The fourth-order valence-corrected chi connectivity index (χ4v) is 1.45. The van der Waals surface area contributed by atoms with Crippen molar-refractivity contribution in [3.63, 3.8) is 0 Å². The van der Waals surface area contributed by atoms with Crippen LogP contribution in [0.1, 0.15) is 5.56 Å². The van der Waals surface area contributed by atoms with Crippen LogP contribution in [-0.2, 0) is 11.3 Å². The van der Waals surface area contributed by atoms with Gasteiger partial charge in [-0.15, -0.1) is 11.6 Å². The Labute approximate surface area is 97.0 Å². The maximum absolute atomic E-state index is 9.14. The summed E-state index contributed by atoms with van der Waals surface area (Å²) < 4.78 is 6.30. The molecule has 0 aliphatic rings. The number of ether oxygens (including phenoxy) is 1. The van der Waals surface area contributed by atoms with E-state index in [4.69, 9.17) is 21.4 Å². The van der Waals surface area contributed by atoms with E-state index in [1.807, 2.05) is 24.3 Å². The van der Waals surface area contributed by atoms with Gasteiger partial charge in [0.05, 0.1) is 25.2 Å². The SMILES string of the molecule is OC(CCl)COCc1ccccc1Br. The molecule has 0 radical (unpaired) electrons. The molecule has 14 heavy (non-hydrogen) atoms. The van der Waals surface area contributed by atoms with Gasteiger partial charge < -0.3 is 9.84 Å². The number of hydrogen-bond acceptors (Lipinski definition) is 2. The van der Waals surface area contributed by atoms with Crippen molar-refractivity contribution >= 4 is 27.5 Å². The summed E-state index contributed by atoms with van der Waals surface area (Å²) in [7, 11) is 0. The molecular formula is C10H12BrClO2. The van der Waals surface area contributed by atoms with Crippen LogP contribution in [0.15, 0.2) is 28.7 Å². The van der Waals surface area contributed by atoms with Gasteiger partial charge in [-0.1, -0.05) is 34.1 Å². The molecule has 0 saturated carbocycles. The summed E-state index contributed by atoms with van der Waals surface area (Å²) in [5, 5.41) is 9.14. The molecule has 0 fully saturated rings. The Morgan fingerprint density at radius 2 is 2.14 bits per heavy atom. The number of halogens is 2. The molecule has 2 nitrogen and oxygen atoms in total.